The van der Waals surface area contributed by atoms with E-state index >= 15 is 0 Å². The lowest BCUT2D eigenvalue weighted by molar-refractivity contribution is -0.139. The summed E-state index contributed by atoms with van der Waals surface area (Å²) in [6.45, 7) is 0.811. The number of nitrogens with one attached hydrogen (secondary N) is 1. The molecule has 1 saturated heterocycles. The Morgan fingerprint density at radius 3 is 2.62 bits per heavy atom. The van der Waals surface area contributed by atoms with Crippen molar-refractivity contribution in [1.29, 1.82) is 0 Å². The number of carboxylic acids is 1. The molecule has 1 aromatic carbocycles. The topological polar surface area (TPSA) is 49.3 Å². The Kier molecular flexibility index (Phi) is 4.77. The van der Waals surface area contributed by atoms with Crippen molar-refractivity contribution in [3.63, 3.8) is 0 Å². The molecule has 1 aliphatic rings. The van der Waals surface area contributed by atoms with Gasteiger partial charge in [0.1, 0.15) is 6.04 Å². The summed E-state index contributed by atoms with van der Waals surface area (Å²) in [4.78, 5) is 10.7. The van der Waals surface area contributed by atoms with E-state index in [-0.39, 0.29) is 18.4 Å². The molecule has 16 heavy (non-hydrogen) atoms. The monoisotopic (exact) mass is 241 g/mol. The molecule has 4 heteroatoms. The van der Waals surface area contributed by atoms with E-state index in [2.05, 4.69) is 17.4 Å². The van der Waals surface area contributed by atoms with Gasteiger partial charge in [-0.3, -0.25) is 4.79 Å². The zero-order valence-electron chi connectivity index (χ0n) is 8.93. The number of hydrogen-bond acceptors (Lipinski definition) is 2. The van der Waals surface area contributed by atoms with Crippen LogP contribution in [0.15, 0.2) is 30.3 Å². The summed E-state index contributed by atoms with van der Waals surface area (Å²) in [5.74, 6) is -0.279. The Hall–Kier alpha value is -1.06. The zero-order chi connectivity index (χ0) is 10.7. The van der Waals surface area contributed by atoms with Gasteiger partial charge in [0.05, 0.1) is 0 Å². The minimum absolute atomic E-state index is 0. The van der Waals surface area contributed by atoms with Crippen molar-refractivity contribution in [2.75, 3.05) is 6.54 Å². The molecule has 0 aliphatic carbocycles. The van der Waals surface area contributed by atoms with Crippen LogP contribution < -0.4 is 5.32 Å². The Morgan fingerprint density at radius 2 is 2.06 bits per heavy atom. The summed E-state index contributed by atoms with van der Waals surface area (Å²) in [5, 5.41) is 11.9. The van der Waals surface area contributed by atoms with E-state index in [0.717, 1.165) is 19.4 Å². The lowest BCUT2D eigenvalue weighted by atomic mass is 9.97. The van der Waals surface area contributed by atoms with Crippen LogP contribution in [0, 0.1) is 5.92 Å². The Bertz CT molecular complexity index is 342. The van der Waals surface area contributed by atoms with E-state index in [0.29, 0.717) is 5.92 Å². The molecule has 1 aliphatic heterocycles. The normalized spacial score (nSPS) is 23.8. The number of halogens is 1. The minimum Gasteiger partial charge on any atom is -0.480 e. The van der Waals surface area contributed by atoms with Gasteiger partial charge in [-0.15, -0.1) is 12.4 Å². The molecule has 3 nitrogen and oxygen atoms in total. The van der Waals surface area contributed by atoms with Gasteiger partial charge in [0.15, 0.2) is 0 Å². The quantitative estimate of drug-likeness (QED) is 0.847. The van der Waals surface area contributed by atoms with Crippen molar-refractivity contribution in [3.05, 3.63) is 35.9 Å². The summed E-state index contributed by atoms with van der Waals surface area (Å²) in [6.07, 6.45) is 1.71. The Morgan fingerprint density at radius 1 is 1.38 bits per heavy atom. The molecule has 0 saturated carbocycles. The molecule has 0 bridgehead atoms. The van der Waals surface area contributed by atoms with Gasteiger partial charge in [0, 0.05) is 0 Å². The smallest absolute Gasteiger partial charge is 0.320 e. The summed E-state index contributed by atoms with van der Waals surface area (Å²) in [5.41, 5.74) is 1.29. The average molecular weight is 242 g/mol. The first kappa shape index (κ1) is 13.0. The lowest BCUT2D eigenvalue weighted by Crippen LogP contribution is -2.29. The summed E-state index contributed by atoms with van der Waals surface area (Å²) in [7, 11) is 0. The fourth-order valence-corrected chi connectivity index (χ4v) is 2.10. The molecule has 0 spiro atoms. The average Bonchev–Trinajstić information content (AvgIpc) is 2.68. The molecule has 0 amide bonds. The number of hydrogen-bond donors (Lipinski definition) is 2. The van der Waals surface area contributed by atoms with Gasteiger partial charge < -0.3 is 10.4 Å². The molecule has 2 rings (SSSR count). The zero-order valence-corrected chi connectivity index (χ0v) is 9.74. The van der Waals surface area contributed by atoms with Crippen LogP contribution in [-0.2, 0) is 11.2 Å². The van der Waals surface area contributed by atoms with Gasteiger partial charge in [-0.25, -0.2) is 0 Å². The second-order valence-electron chi connectivity index (χ2n) is 4.09. The summed E-state index contributed by atoms with van der Waals surface area (Å²) in [6, 6.07) is 9.87. The molecule has 2 N–H and O–H groups in total. The summed E-state index contributed by atoms with van der Waals surface area (Å²) < 4.78 is 0. The number of carbonyl (C=O) groups is 1. The molecule has 1 heterocycles. The largest absolute Gasteiger partial charge is 0.480 e. The number of benzene rings is 1. The first-order chi connectivity index (χ1) is 7.25. The van der Waals surface area contributed by atoms with Gasteiger partial charge in [0.25, 0.3) is 0 Å². The molecule has 2 atom stereocenters. The molecule has 1 fully saturated rings. The van der Waals surface area contributed by atoms with Crippen molar-refractivity contribution in [2.24, 2.45) is 5.92 Å². The second kappa shape index (κ2) is 5.87. The fourth-order valence-electron chi connectivity index (χ4n) is 2.10. The van der Waals surface area contributed by atoms with E-state index in [1.54, 1.807) is 0 Å². The van der Waals surface area contributed by atoms with E-state index < -0.39 is 5.97 Å². The SMILES string of the molecule is Cl.O=C(O)[C@@H]1C[C@H](Cc2ccccc2)CN1. The fraction of sp³-hybridized carbons (Fsp3) is 0.417. The second-order valence-corrected chi connectivity index (χ2v) is 4.09. The maximum absolute atomic E-state index is 10.7. The minimum atomic E-state index is -0.731. The predicted octanol–water partition coefficient (Wildman–Crippen LogP) is 1.71. The first-order valence-electron chi connectivity index (χ1n) is 5.26. The van der Waals surface area contributed by atoms with E-state index in [4.69, 9.17) is 5.11 Å². The highest BCUT2D eigenvalue weighted by molar-refractivity contribution is 5.85. The van der Waals surface area contributed by atoms with Crippen LogP contribution in [0.5, 0.6) is 0 Å². The number of carboxylic acid groups (broad SMARTS) is 1. The van der Waals surface area contributed by atoms with Crippen molar-refractivity contribution >= 4 is 18.4 Å². The molecular weight excluding hydrogens is 226 g/mol. The van der Waals surface area contributed by atoms with Crippen LogP contribution in [-0.4, -0.2) is 23.7 Å². The summed E-state index contributed by atoms with van der Waals surface area (Å²) >= 11 is 0. The van der Waals surface area contributed by atoms with Crippen LogP contribution in [0.3, 0.4) is 0 Å². The van der Waals surface area contributed by atoms with Crippen molar-refractivity contribution in [1.82, 2.24) is 5.32 Å². The number of aliphatic carboxylic acids is 1. The number of rotatable bonds is 3. The van der Waals surface area contributed by atoms with Crippen molar-refractivity contribution in [2.45, 2.75) is 18.9 Å². The van der Waals surface area contributed by atoms with Crippen LogP contribution in [0.25, 0.3) is 0 Å². The standard InChI is InChI=1S/C12H15NO2.ClH/c14-12(15)11-7-10(8-13-11)6-9-4-2-1-3-5-9;/h1-5,10-11,13H,6-8H2,(H,14,15);1H/t10-,11-;/m0./s1. The van der Waals surface area contributed by atoms with Crippen molar-refractivity contribution in [3.8, 4) is 0 Å². The van der Waals surface area contributed by atoms with Crippen molar-refractivity contribution < 1.29 is 9.90 Å². The maximum atomic E-state index is 10.7. The van der Waals surface area contributed by atoms with Crippen LogP contribution in [0.2, 0.25) is 0 Å². The van der Waals surface area contributed by atoms with E-state index in [9.17, 15) is 4.79 Å². The highest BCUT2D eigenvalue weighted by Gasteiger charge is 2.28. The molecule has 0 radical (unpaired) electrons. The van der Waals surface area contributed by atoms with Gasteiger partial charge in [0.2, 0.25) is 0 Å². The van der Waals surface area contributed by atoms with Crippen LogP contribution >= 0.6 is 12.4 Å². The van der Waals surface area contributed by atoms with Crippen LogP contribution in [0.1, 0.15) is 12.0 Å². The van der Waals surface area contributed by atoms with Gasteiger partial charge in [-0.1, -0.05) is 30.3 Å². The Labute approximate surface area is 101 Å². The molecule has 88 valence electrons. The molecule has 0 unspecified atom stereocenters. The van der Waals surface area contributed by atoms with Gasteiger partial charge in [-0.2, -0.15) is 0 Å². The highest BCUT2D eigenvalue weighted by atomic mass is 35.5. The molecule has 0 aromatic heterocycles. The maximum Gasteiger partial charge on any atom is 0.320 e. The first-order valence-corrected chi connectivity index (χ1v) is 5.26. The Balaban J connectivity index is 0.00000128. The third-order valence-electron chi connectivity index (χ3n) is 2.89. The van der Waals surface area contributed by atoms with Crippen LogP contribution in [0.4, 0.5) is 0 Å². The highest BCUT2D eigenvalue weighted by Crippen LogP contribution is 2.19. The lowest BCUT2D eigenvalue weighted by Gasteiger charge is -2.07. The van der Waals surface area contributed by atoms with E-state index in [1.165, 1.54) is 5.56 Å². The third kappa shape index (κ3) is 3.22. The van der Waals surface area contributed by atoms with E-state index in [1.807, 2.05) is 18.2 Å². The molecular formula is C12H16ClNO2. The predicted molar refractivity (Wildman–Crippen MR) is 64.9 cm³/mol. The third-order valence-corrected chi connectivity index (χ3v) is 2.89. The molecule has 1 aromatic rings. The van der Waals surface area contributed by atoms with Gasteiger partial charge >= 0.3 is 5.97 Å². The van der Waals surface area contributed by atoms with Gasteiger partial charge in [-0.05, 0) is 30.9 Å².